The molecule has 6 nitrogen and oxygen atoms in total. The number of benzene rings is 1. The highest BCUT2D eigenvalue weighted by molar-refractivity contribution is 7.71. The van der Waals surface area contributed by atoms with Crippen LogP contribution >= 0.6 is 12.2 Å². The number of hydrogen-bond donors (Lipinski definition) is 2. The predicted molar refractivity (Wildman–Crippen MR) is 89.1 cm³/mol. The first kappa shape index (κ1) is 14.2. The van der Waals surface area contributed by atoms with Gasteiger partial charge in [0.15, 0.2) is 0 Å². The molecule has 0 spiro atoms. The summed E-state index contributed by atoms with van der Waals surface area (Å²) < 4.78 is 1.96. The van der Waals surface area contributed by atoms with Crippen LogP contribution in [0.3, 0.4) is 0 Å². The topological polar surface area (TPSA) is 74.7 Å². The number of aryl methyl sites for hydroxylation is 1. The van der Waals surface area contributed by atoms with E-state index in [1.165, 1.54) is 0 Å². The van der Waals surface area contributed by atoms with Crippen molar-refractivity contribution < 1.29 is 0 Å². The monoisotopic (exact) mass is 310 g/mol. The molecule has 3 aromatic rings. The first-order valence-corrected chi connectivity index (χ1v) is 7.11. The Morgan fingerprint density at radius 2 is 2.00 bits per heavy atom. The molecule has 0 bridgehead atoms. The second-order valence-electron chi connectivity index (χ2n) is 4.63. The third-order valence-electron chi connectivity index (χ3n) is 2.94. The zero-order valence-corrected chi connectivity index (χ0v) is 12.7. The van der Waals surface area contributed by atoms with Gasteiger partial charge >= 0.3 is 0 Å². The van der Waals surface area contributed by atoms with E-state index in [0.29, 0.717) is 16.3 Å². The third kappa shape index (κ3) is 3.09. The largest absolute Gasteiger partial charge is 0.282 e. The van der Waals surface area contributed by atoms with E-state index < -0.39 is 0 Å². The van der Waals surface area contributed by atoms with Crippen LogP contribution in [0.15, 0.2) is 47.6 Å². The van der Waals surface area contributed by atoms with Gasteiger partial charge in [0.05, 0.1) is 0 Å². The van der Waals surface area contributed by atoms with Crippen LogP contribution in [0.4, 0.5) is 0 Å². The van der Waals surface area contributed by atoms with Crippen molar-refractivity contribution in [3.63, 3.8) is 0 Å². The summed E-state index contributed by atoms with van der Waals surface area (Å²) in [5.41, 5.74) is 2.74. The highest BCUT2D eigenvalue weighted by Gasteiger charge is 2.10. The summed E-state index contributed by atoms with van der Waals surface area (Å²) in [6, 6.07) is 11.9. The molecule has 0 unspecified atom stereocenters. The molecule has 1 aromatic carbocycles. The Labute approximate surface area is 132 Å². The van der Waals surface area contributed by atoms with Gasteiger partial charge in [-0.3, -0.25) is 5.10 Å². The van der Waals surface area contributed by atoms with E-state index in [-0.39, 0.29) is 0 Å². The normalized spacial score (nSPS) is 11.7. The highest BCUT2D eigenvalue weighted by atomic mass is 32.1. The number of nitrogens with one attached hydrogen (secondary N) is 2. The van der Waals surface area contributed by atoms with E-state index in [1.54, 1.807) is 10.9 Å². The molecule has 0 amide bonds. The summed E-state index contributed by atoms with van der Waals surface area (Å²) in [5.74, 6) is 0.568. The number of aromatic amines is 2. The van der Waals surface area contributed by atoms with Crippen LogP contribution < -0.4 is 0 Å². The zero-order valence-electron chi connectivity index (χ0n) is 11.9. The van der Waals surface area contributed by atoms with Gasteiger partial charge in [-0.15, -0.1) is 0 Å². The van der Waals surface area contributed by atoms with Crippen molar-refractivity contribution in [1.29, 1.82) is 0 Å². The second kappa shape index (κ2) is 6.31. The molecule has 3 rings (SSSR count). The Balaban J connectivity index is 1.84. The molecule has 110 valence electrons. The van der Waals surface area contributed by atoms with Gasteiger partial charge in [-0.05, 0) is 36.8 Å². The van der Waals surface area contributed by atoms with Crippen LogP contribution in [0.2, 0.25) is 0 Å². The lowest BCUT2D eigenvalue weighted by molar-refractivity contribution is 0.866. The summed E-state index contributed by atoms with van der Waals surface area (Å²) >= 11 is 5.19. The summed E-state index contributed by atoms with van der Waals surface area (Å²) in [5, 5.41) is 18.3. The van der Waals surface area contributed by atoms with Crippen LogP contribution in [-0.4, -0.2) is 31.3 Å². The van der Waals surface area contributed by atoms with Gasteiger partial charge in [-0.1, -0.05) is 36.4 Å². The summed E-state index contributed by atoms with van der Waals surface area (Å²) in [6.07, 6.45) is 5.48. The maximum absolute atomic E-state index is 5.19. The fraction of sp³-hybridized carbons (Fsp3) is 0.0667. The number of nitrogens with zero attached hydrogens (tertiary/aromatic N) is 4. The Kier molecular flexibility index (Phi) is 4.06. The van der Waals surface area contributed by atoms with Crippen molar-refractivity contribution in [1.82, 2.24) is 25.1 Å². The van der Waals surface area contributed by atoms with E-state index in [0.717, 1.165) is 11.3 Å². The summed E-state index contributed by atoms with van der Waals surface area (Å²) in [6.45, 7) is 1.92. The standard InChI is InChI=1S/C15H14N6S/c1-11-10-13(18-17-11)14-19-20-15(22)21(14)16-9-5-8-12-6-3-2-4-7-12/h2-10H,1H3,(H,17,18)(H,20,22)/b8-5+,16-9+. The Hall–Kier alpha value is -2.80. The molecule has 0 aliphatic rings. The van der Waals surface area contributed by atoms with E-state index in [2.05, 4.69) is 25.5 Å². The van der Waals surface area contributed by atoms with E-state index in [1.807, 2.05) is 55.5 Å². The molecule has 0 aliphatic heterocycles. The zero-order chi connectivity index (χ0) is 15.4. The molecule has 7 heteroatoms. The van der Waals surface area contributed by atoms with E-state index >= 15 is 0 Å². The van der Waals surface area contributed by atoms with Crippen molar-refractivity contribution in [2.75, 3.05) is 0 Å². The lowest BCUT2D eigenvalue weighted by atomic mass is 10.2. The van der Waals surface area contributed by atoms with Gasteiger partial charge in [0.25, 0.3) is 0 Å². The number of aromatic nitrogens is 5. The fourth-order valence-corrected chi connectivity index (χ4v) is 2.10. The first-order chi connectivity index (χ1) is 10.7. The number of allylic oxidation sites excluding steroid dienone is 1. The van der Waals surface area contributed by atoms with E-state index in [9.17, 15) is 0 Å². The third-order valence-corrected chi connectivity index (χ3v) is 3.21. The lowest BCUT2D eigenvalue weighted by Crippen LogP contribution is -1.93. The van der Waals surface area contributed by atoms with Crippen LogP contribution in [0, 0.1) is 11.7 Å². The molecule has 2 heterocycles. The van der Waals surface area contributed by atoms with Crippen molar-refractivity contribution in [2.24, 2.45) is 5.10 Å². The van der Waals surface area contributed by atoms with Crippen LogP contribution in [0.1, 0.15) is 11.3 Å². The van der Waals surface area contributed by atoms with Gasteiger partial charge < -0.3 is 0 Å². The van der Waals surface area contributed by atoms with Gasteiger partial charge in [0.2, 0.25) is 10.6 Å². The summed E-state index contributed by atoms with van der Waals surface area (Å²) in [7, 11) is 0. The second-order valence-corrected chi connectivity index (χ2v) is 5.02. The average molecular weight is 310 g/mol. The molecule has 0 aliphatic carbocycles. The van der Waals surface area contributed by atoms with Crippen molar-refractivity contribution in [2.45, 2.75) is 6.92 Å². The molecular weight excluding hydrogens is 296 g/mol. The highest BCUT2D eigenvalue weighted by Crippen LogP contribution is 2.14. The number of H-pyrrole nitrogens is 2. The van der Waals surface area contributed by atoms with Gasteiger partial charge in [-0.25, -0.2) is 5.10 Å². The Morgan fingerprint density at radius 1 is 1.18 bits per heavy atom. The van der Waals surface area contributed by atoms with Crippen LogP contribution in [0.5, 0.6) is 0 Å². The van der Waals surface area contributed by atoms with Crippen molar-refractivity contribution in [3.8, 4) is 11.5 Å². The minimum absolute atomic E-state index is 0.417. The average Bonchev–Trinajstić information content (AvgIpc) is 3.11. The van der Waals surface area contributed by atoms with E-state index in [4.69, 9.17) is 12.2 Å². The van der Waals surface area contributed by atoms with Crippen molar-refractivity contribution in [3.05, 3.63) is 58.5 Å². The SMILES string of the molecule is Cc1cc(-c2n[nH]c(=S)n2/N=C/C=C/c2ccccc2)n[nH]1. The Bertz CT molecular complexity index is 869. The van der Waals surface area contributed by atoms with Gasteiger partial charge in [0.1, 0.15) is 5.69 Å². The number of hydrogen-bond acceptors (Lipinski definition) is 4. The van der Waals surface area contributed by atoms with Gasteiger partial charge in [0, 0.05) is 11.9 Å². The van der Waals surface area contributed by atoms with Gasteiger partial charge in [-0.2, -0.15) is 20.0 Å². The molecule has 0 saturated heterocycles. The minimum Gasteiger partial charge on any atom is -0.282 e. The molecule has 0 radical (unpaired) electrons. The fourth-order valence-electron chi connectivity index (χ4n) is 1.92. The molecule has 0 saturated carbocycles. The van der Waals surface area contributed by atoms with Crippen LogP contribution in [0.25, 0.3) is 17.6 Å². The van der Waals surface area contributed by atoms with Crippen molar-refractivity contribution >= 4 is 24.5 Å². The quantitative estimate of drug-likeness (QED) is 0.574. The smallest absolute Gasteiger partial charge is 0.216 e. The summed E-state index contributed by atoms with van der Waals surface area (Å²) in [4.78, 5) is 0. The van der Waals surface area contributed by atoms with Crippen LogP contribution in [-0.2, 0) is 0 Å². The first-order valence-electron chi connectivity index (χ1n) is 6.70. The molecule has 2 aromatic heterocycles. The Morgan fingerprint density at radius 3 is 2.73 bits per heavy atom. The molecule has 22 heavy (non-hydrogen) atoms. The lowest BCUT2D eigenvalue weighted by Gasteiger charge is -1.95. The molecule has 0 atom stereocenters. The maximum atomic E-state index is 5.19. The number of rotatable bonds is 4. The molecular formula is C15H14N6S. The predicted octanol–water partition coefficient (Wildman–Crippen LogP) is 3.19. The molecule has 2 N–H and O–H groups in total. The maximum Gasteiger partial charge on any atom is 0.216 e. The minimum atomic E-state index is 0.417. The molecule has 0 fully saturated rings.